The number of halogens is 1. The predicted molar refractivity (Wildman–Crippen MR) is 116 cm³/mol. The van der Waals surface area contributed by atoms with Gasteiger partial charge in [-0.15, -0.1) is 0 Å². The Labute approximate surface area is 178 Å². The lowest BCUT2D eigenvalue weighted by Gasteiger charge is -2.40. The van der Waals surface area contributed by atoms with Crippen LogP contribution in [-0.2, 0) is 9.84 Å². The molecule has 1 atom stereocenters. The van der Waals surface area contributed by atoms with Crippen molar-refractivity contribution in [2.75, 3.05) is 30.3 Å². The van der Waals surface area contributed by atoms with E-state index in [9.17, 15) is 17.6 Å². The Bertz CT molecular complexity index is 1210. The third-order valence-electron chi connectivity index (χ3n) is 5.33. The number of amides is 1. The van der Waals surface area contributed by atoms with Crippen molar-refractivity contribution in [2.24, 2.45) is 0 Å². The second-order valence-corrected chi connectivity index (χ2v) is 10.6. The summed E-state index contributed by atoms with van der Waals surface area (Å²) in [6.07, 6.45) is 0. The van der Waals surface area contributed by atoms with Gasteiger partial charge in [-0.05, 0) is 37.3 Å². The zero-order chi connectivity index (χ0) is 21.5. The number of hydrogen-bond acceptors (Lipinski definition) is 6. The molecule has 0 bridgehead atoms. The molecule has 158 valence electrons. The van der Waals surface area contributed by atoms with Crippen LogP contribution in [-0.4, -0.2) is 55.6 Å². The fraction of sp³-hybridized carbons (Fsp3) is 0.333. The standard InChI is InChI=1S/C21H22FN3O3S2/c1-3-30(27,28)19-7-5-4-6-16(19)20(26)24-10-11-25(14(2)13-24)21-23-17-9-8-15(22)12-18(17)29-21/h4-9,12,14H,3,10-11,13H2,1-2H3. The Balaban J connectivity index is 1.55. The van der Waals surface area contributed by atoms with Crippen LogP contribution in [0, 0.1) is 5.82 Å². The fourth-order valence-corrected chi connectivity index (χ4v) is 5.88. The molecule has 2 heterocycles. The molecule has 1 fully saturated rings. The number of aromatic nitrogens is 1. The Morgan fingerprint density at radius 2 is 2.00 bits per heavy atom. The van der Waals surface area contributed by atoms with E-state index in [1.807, 2.05) is 6.92 Å². The van der Waals surface area contributed by atoms with E-state index < -0.39 is 9.84 Å². The Morgan fingerprint density at radius 3 is 2.73 bits per heavy atom. The SMILES string of the molecule is CCS(=O)(=O)c1ccccc1C(=O)N1CCN(c2nc3ccc(F)cc3s2)C(C)C1. The lowest BCUT2D eigenvalue weighted by Crippen LogP contribution is -2.54. The van der Waals surface area contributed by atoms with Crippen LogP contribution in [0.15, 0.2) is 47.4 Å². The average Bonchev–Trinajstić information content (AvgIpc) is 3.15. The lowest BCUT2D eigenvalue weighted by atomic mass is 10.1. The second-order valence-electron chi connectivity index (χ2n) is 7.30. The first-order chi connectivity index (χ1) is 14.3. The van der Waals surface area contributed by atoms with E-state index in [0.717, 1.165) is 15.3 Å². The summed E-state index contributed by atoms with van der Waals surface area (Å²) in [5.41, 5.74) is 0.969. The molecule has 3 aromatic rings. The van der Waals surface area contributed by atoms with Gasteiger partial charge >= 0.3 is 0 Å². The molecule has 0 aliphatic carbocycles. The summed E-state index contributed by atoms with van der Waals surface area (Å²) in [5.74, 6) is -0.623. The summed E-state index contributed by atoms with van der Waals surface area (Å²) < 4.78 is 39.1. The molecule has 0 saturated carbocycles. The first kappa shape index (κ1) is 20.7. The van der Waals surface area contributed by atoms with Crippen molar-refractivity contribution in [3.8, 4) is 0 Å². The van der Waals surface area contributed by atoms with Crippen LogP contribution in [0.25, 0.3) is 10.2 Å². The number of thiazole rings is 1. The molecule has 4 rings (SSSR count). The van der Waals surface area contributed by atoms with Crippen LogP contribution in [0.2, 0.25) is 0 Å². The van der Waals surface area contributed by atoms with Gasteiger partial charge in [0, 0.05) is 25.7 Å². The van der Waals surface area contributed by atoms with Crippen LogP contribution in [0.1, 0.15) is 24.2 Å². The summed E-state index contributed by atoms with van der Waals surface area (Å²) in [4.78, 5) is 21.6. The molecule has 1 aliphatic heterocycles. The number of carbonyl (C=O) groups is 1. The molecule has 1 saturated heterocycles. The predicted octanol–water partition coefficient (Wildman–Crippen LogP) is 3.58. The van der Waals surface area contributed by atoms with Crippen molar-refractivity contribution >= 4 is 42.4 Å². The van der Waals surface area contributed by atoms with Crippen molar-refractivity contribution in [1.29, 1.82) is 0 Å². The minimum atomic E-state index is -3.50. The van der Waals surface area contributed by atoms with E-state index in [4.69, 9.17) is 0 Å². The highest BCUT2D eigenvalue weighted by atomic mass is 32.2. The number of benzene rings is 2. The van der Waals surface area contributed by atoms with Crippen LogP contribution < -0.4 is 4.90 Å². The zero-order valence-electron chi connectivity index (χ0n) is 16.7. The highest BCUT2D eigenvalue weighted by Crippen LogP contribution is 2.32. The maximum absolute atomic E-state index is 13.5. The summed E-state index contributed by atoms with van der Waals surface area (Å²) in [7, 11) is -3.50. The van der Waals surface area contributed by atoms with Crippen LogP contribution in [0.4, 0.5) is 9.52 Å². The first-order valence-corrected chi connectivity index (χ1v) is 12.2. The number of carbonyl (C=O) groups excluding carboxylic acids is 1. The number of sulfone groups is 1. The second kappa shape index (κ2) is 7.96. The molecular formula is C21H22FN3O3S2. The zero-order valence-corrected chi connectivity index (χ0v) is 18.3. The Kier molecular flexibility index (Phi) is 5.50. The maximum Gasteiger partial charge on any atom is 0.255 e. The molecule has 0 spiro atoms. The van der Waals surface area contributed by atoms with Crippen LogP contribution in [0.5, 0.6) is 0 Å². The highest BCUT2D eigenvalue weighted by molar-refractivity contribution is 7.91. The van der Waals surface area contributed by atoms with E-state index in [-0.39, 0.29) is 34.0 Å². The topological polar surface area (TPSA) is 70.6 Å². The summed E-state index contributed by atoms with van der Waals surface area (Å²) in [6.45, 7) is 5.04. The molecule has 30 heavy (non-hydrogen) atoms. The van der Waals surface area contributed by atoms with E-state index in [2.05, 4.69) is 9.88 Å². The number of rotatable bonds is 4. The van der Waals surface area contributed by atoms with Crippen molar-refractivity contribution < 1.29 is 17.6 Å². The third kappa shape index (κ3) is 3.79. The van der Waals surface area contributed by atoms with Gasteiger partial charge in [0.1, 0.15) is 5.82 Å². The number of nitrogens with zero attached hydrogens (tertiary/aromatic N) is 3. The van der Waals surface area contributed by atoms with Gasteiger partial charge in [0.2, 0.25) is 0 Å². The molecule has 6 nitrogen and oxygen atoms in total. The third-order valence-corrected chi connectivity index (χ3v) is 8.17. The molecule has 1 aliphatic rings. The van der Waals surface area contributed by atoms with Gasteiger partial charge in [-0.2, -0.15) is 0 Å². The Hall–Kier alpha value is -2.52. The largest absolute Gasteiger partial charge is 0.342 e. The quantitative estimate of drug-likeness (QED) is 0.611. The van der Waals surface area contributed by atoms with Crippen molar-refractivity contribution in [3.05, 3.63) is 53.8 Å². The smallest absolute Gasteiger partial charge is 0.255 e. The van der Waals surface area contributed by atoms with E-state index in [0.29, 0.717) is 19.6 Å². The molecule has 1 unspecified atom stereocenters. The van der Waals surface area contributed by atoms with Crippen molar-refractivity contribution in [1.82, 2.24) is 9.88 Å². The molecular weight excluding hydrogens is 425 g/mol. The molecule has 1 aromatic heterocycles. The number of piperazine rings is 1. The molecule has 9 heteroatoms. The van der Waals surface area contributed by atoms with Gasteiger partial charge in [-0.3, -0.25) is 4.79 Å². The van der Waals surface area contributed by atoms with Gasteiger partial charge in [0.15, 0.2) is 15.0 Å². The van der Waals surface area contributed by atoms with Gasteiger partial charge in [0.25, 0.3) is 5.91 Å². The summed E-state index contributed by atoms with van der Waals surface area (Å²) in [6, 6.07) is 10.9. The lowest BCUT2D eigenvalue weighted by molar-refractivity contribution is 0.0722. The summed E-state index contributed by atoms with van der Waals surface area (Å²) in [5, 5.41) is 0.796. The molecule has 0 N–H and O–H groups in total. The van der Waals surface area contributed by atoms with Gasteiger partial charge in [-0.25, -0.2) is 17.8 Å². The molecule has 2 aromatic carbocycles. The van der Waals surface area contributed by atoms with E-state index >= 15 is 0 Å². The molecule has 0 radical (unpaired) electrons. The minimum absolute atomic E-state index is 0.0111. The number of anilines is 1. The summed E-state index contributed by atoms with van der Waals surface area (Å²) >= 11 is 1.43. The number of hydrogen-bond donors (Lipinski definition) is 0. The van der Waals surface area contributed by atoms with Crippen molar-refractivity contribution in [2.45, 2.75) is 24.8 Å². The van der Waals surface area contributed by atoms with Gasteiger partial charge < -0.3 is 9.80 Å². The fourth-order valence-electron chi connectivity index (χ4n) is 3.68. The molecule has 1 amide bonds. The highest BCUT2D eigenvalue weighted by Gasteiger charge is 2.31. The van der Waals surface area contributed by atoms with Crippen LogP contribution >= 0.6 is 11.3 Å². The van der Waals surface area contributed by atoms with E-state index in [1.54, 1.807) is 36.1 Å². The van der Waals surface area contributed by atoms with E-state index in [1.165, 1.54) is 29.5 Å². The maximum atomic E-state index is 13.5. The first-order valence-electron chi connectivity index (χ1n) is 9.74. The Morgan fingerprint density at radius 1 is 1.23 bits per heavy atom. The minimum Gasteiger partial charge on any atom is -0.342 e. The number of fused-ring (bicyclic) bond motifs is 1. The van der Waals surface area contributed by atoms with Gasteiger partial charge in [-0.1, -0.05) is 30.4 Å². The van der Waals surface area contributed by atoms with Gasteiger partial charge in [0.05, 0.1) is 26.4 Å². The monoisotopic (exact) mass is 447 g/mol. The average molecular weight is 448 g/mol. The normalized spacial score (nSPS) is 17.5. The van der Waals surface area contributed by atoms with Crippen molar-refractivity contribution in [3.63, 3.8) is 0 Å². The van der Waals surface area contributed by atoms with Crippen LogP contribution in [0.3, 0.4) is 0 Å².